The lowest BCUT2D eigenvalue weighted by atomic mass is 9.61. The summed E-state index contributed by atoms with van der Waals surface area (Å²) in [5.41, 5.74) is 0.865. The fraction of sp³-hybridized carbons (Fsp3) is 0.435. The van der Waals surface area contributed by atoms with E-state index in [1.807, 2.05) is 19.3 Å². The smallest absolute Gasteiger partial charge is 0.264 e. The Morgan fingerprint density at radius 1 is 1.22 bits per heavy atom. The molecule has 9 heteroatoms. The van der Waals surface area contributed by atoms with Crippen molar-refractivity contribution in [3.63, 3.8) is 0 Å². The largest absolute Gasteiger partial charge is 0.382 e. The van der Waals surface area contributed by atoms with E-state index in [1.165, 1.54) is 0 Å². The van der Waals surface area contributed by atoms with Gasteiger partial charge in [-0.05, 0) is 48.9 Å². The highest BCUT2D eigenvalue weighted by atomic mass is 32.2. The van der Waals surface area contributed by atoms with Gasteiger partial charge in [-0.2, -0.15) is 0 Å². The Bertz CT molecular complexity index is 1030. The van der Waals surface area contributed by atoms with Crippen molar-refractivity contribution < 1.29 is 8.42 Å². The summed E-state index contributed by atoms with van der Waals surface area (Å²) in [7, 11) is -0.251. The van der Waals surface area contributed by atoms with E-state index < -0.39 is 10.0 Å². The monoisotopic (exact) mass is 473 g/mol. The van der Waals surface area contributed by atoms with Gasteiger partial charge in [0.15, 0.2) is 0 Å². The van der Waals surface area contributed by atoms with Crippen molar-refractivity contribution in [1.82, 2.24) is 20.3 Å². The molecule has 1 saturated carbocycles. The molecule has 0 radical (unpaired) electrons. The predicted molar refractivity (Wildman–Crippen MR) is 132 cm³/mol. The number of hydrogen-bond acceptors (Lipinski definition) is 5. The molecule has 1 aromatic heterocycles. The van der Waals surface area contributed by atoms with E-state index in [9.17, 15) is 8.42 Å². The Kier molecular flexibility index (Phi) is 8.20. The second kappa shape index (κ2) is 10.9. The Labute approximate surface area is 196 Å². The minimum absolute atomic E-state index is 0.199. The van der Waals surface area contributed by atoms with E-state index in [0.717, 1.165) is 42.7 Å². The van der Waals surface area contributed by atoms with Crippen molar-refractivity contribution in [1.29, 1.82) is 0 Å². The average molecular weight is 474 g/mol. The number of nitrogens with one attached hydrogen (secondary N) is 3. The van der Waals surface area contributed by atoms with Crippen molar-refractivity contribution in [2.75, 3.05) is 20.6 Å². The first-order chi connectivity index (χ1) is 15.4. The number of guanidine groups is 1. The van der Waals surface area contributed by atoms with E-state index in [0.29, 0.717) is 12.5 Å². The van der Waals surface area contributed by atoms with E-state index >= 15 is 0 Å². The molecule has 0 amide bonds. The quantitative estimate of drug-likeness (QED) is 0.325. The molecule has 1 aliphatic carbocycles. The second-order valence-corrected chi connectivity index (χ2v) is 10.0. The highest BCUT2D eigenvalue weighted by molar-refractivity contribution is 7.90. The minimum atomic E-state index is -3.69. The number of likely N-dealkylation sites (N-methyl/N-ethyl adjacent to an activating group) is 1. The SMILES string of the molecule is CN=C(NCC[C@H]1CCCC[C@@]1(C(=S)NC)c1cccnc1)NS(=O)(=O)c1ccccc1. The van der Waals surface area contributed by atoms with Crippen LogP contribution >= 0.6 is 12.2 Å². The summed E-state index contributed by atoms with van der Waals surface area (Å²) in [6, 6.07) is 12.3. The molecule has 0 bridgehead atoms. The summed E-state index contributed by atoms with van der Waals surface area (Å²) in [6.07, 6.45) is 8.80. The van der Waals surface area contributed by atoms with Crippen LogP contribution in [0.2, 0.25) is 0 Å². The van der Waals surface area contributed by atoms with Crippen LogP contribution in [0.4, 0.5) is 0 Å². The summed E-state index contributed by atoms with van der Waals surface area (Å²) in [4.78, 5) is 9.48. The molecule has 0 saturated heterocycles. The first-order valence-electron chi connectivity index (χ1n) is 10.8. The third-order valence-electron chi connectivity index (χ3n) is 6.17. The standard InChI is InChI=1S/C23H31N5O2S2/c1-24-21(31)23(19-10-8-15-26-17-19)14-7-6-9-18(23)13-16-27-22(25-2)28-32(29,30)20-11-4-3-5-12-20/h3-5,8,10-12,15,17-18H,6-7,9,13-14,16H2,1-2H3,(H,24,31)(H2,25,27,28)/t18-,23+/m1/s1. The minimum Gasteiger partial charge on any atom is -0.382 e. The van der Waals surface area contributed by atoms with E-state index in [-0.39, 0.29) is 16.3 Å². The number of sulfonamides is 1. The van der Waals surface area contributed by atoms with Crippen LogP contribution in [0.25, 0.3) is 0 Å². The normalized spacial score (nSPS) is 21.6. The first kappa shape index (κ1) is 24.1. The Balaban J connectivity index is 1.72. The number of hydrogen-bond donors (Lipinski definition) is 3. The summed E-state index contributed by atoms with van der Waals surface area (Å²) in [5, 5.41) is 6.40. The van der Waals surface area contributed by atoms with Gasteiger partial charge < -0.3 is 10.6 Å². The molecule has 1 aliphatic rings. The number of thiocarbonyl (C=S) groups is 1. The lowest BCUT2D eigenvalue weighted by Crippen LogP contribution is -2.50. The zero-order valence-corrected chi connectivity index (χ0v) is 20.2. The van der Waals surface area contributed by atoms with Crippen LogP contribution in [0.5, 0.6) is 0 Å². The molecule has 1 aromatic carbocycles. The highest BCUT2D eigenvalue weighted by Gasteiger charge is 2.45. The molecule has 0 spiro atoms. The molecule has 0 unspecified atom stereocenters. The number of rotatable bonds is 7. The lowest BCUT2D eigenvalue weighted by Gasteiger charge is -2.45. The van der Waals surface area contributed by atoms with Crippen LogP contribution < -0.4 is 15.4 Å². The Morgan fingerprint density at radius 2 is 2.00 bits per heavy atom. The van der Waals surface area contributed by atoms with Gasteiger partial charge in [0.2, 0.25) is 5.96 Å². The van der Waals surface area contributed by atoms with Crippen molar-refractivity contribution in [3.05, 3.63) is 60.4 Å². The molecule has 3 N–H and O–H groups in total. The molecular formula is C23H31N5O2S2. The van der Waals surface area contributed by atoms with Crippen LogP contribution in [0.3, 0.4) is 0 Å². The maximum Gasteiger partial charge on any atom is 0.264 e. The predicted octanol–water partition coefficient (Wildman–Crippen LogP) is 3.00. The topological polar surface area (TPSA) is 95.5 Å². The number of benzene rings is 1. The number of pyridine rings is 1. The molecular weight excluding hydrogens is 442 g/mol. The molecule has 2 aromatic rings. The van der Waals surface area contributed by atoms with E-state index in [4.69, 9.17) is 12.2 Å². The van der Waals surface area contributed by atoms with Crippen molar-refractivity contribution in [2.45, 2.75) is 42.4 Å². The number of aromatic nitrogens is 1. The van der Waals surface area contributed by atoms with Crippen molar-refractivity contribution in [3.8, 4) is 0 Å². The van der Waals surface area contributed by atoms with Gasteiger partial charge in [-0.25, -0.2) is 13.1 Å². The van der Waals surface area contributed by atoms with Gasteiger partial charge in [-0.1, -0.05) is 49.3 Å². The average Bonchev–Trinajstić information content (AvgIpc) is 2.84. The van der Waals surface area contributed by atoms with E-state index in [1.54, 1.807) is 43.6 Å². The second-order valence-electron chi connectivity index (χ2n) is 7.94. The molecule has 32 heavy (non-hydrogen) atoms. The molecule has 2 atom stereocenters. The van der Waals surface area contributed by atoms with Gasteiger partial charge >= 0.3 is 0 Å². The van der Waals surface area contributed by atoms with Crippen molar-refractivity contribution >= 4 is 33.2 Å². The molecule has 1 fully saturated rings. The van der Waals surface area contributed by atoms with Gasteiger partial charge in [0.1, 0.15) is 0 Å². The third kappa shape index (κ3) is 5.27. The van der Waals surface area contributed by atoms with Gasteiger partial charge in [-0.15, -0.1) is 0 Å². The zero-order valence-electron chi connectivity index (χ0n) is 18.5. The molecule has 0 aliphatic heterocycles. The van der Waals surface area contributed by atoms with E-state index in [2.05, 4.69) is 31.4 Å². The van der Waals surface area contributed by atoms with Gasteiger partial charge in [0.25, 0.3) is 10.0 Å². The molecule has 1 heterocycles. The highest BCUT2D eigenvalue weighted by Crippen LogP contribution is 2.46. The number of aliphatic imine (C=N–C) groups is 1. The Hall–Kier alpha value is -2.52. The summed E-state index contributed by atoms with van der Waals surface area (Å²) in [6.45, 7) is 0.572. The van der Waals surface area contributed by atoms with Crippen LogP contribution in [0.15, 0.2) is 64.7 Å². The van der Waals surface area contributed by atoms with Crippen LogP contribution in [-0.2, 0) is 15.4 Å². The van der Waals surface area contributed by atoms with Crippen LogP contribution in [0.1, 0.15) is 37.7 Å². The molecule has 172 valence electrons. The summed E-state index contributed by atoms with van der Waals surface area (Å²) < 4.78 is 27.8. The van der Waals surface area contributed by atoms with Gasteiger partial charge in [-0.3, -0.25) is 9.98 Å². The van der Waals surface area contributed by atoms with Crippen LogP contribution in [-0.4, -0.2) is 45.0 Å². The maximum atomic E-state index is 12.6. The van der Waals surface area contributed by atoms with Gasteiger partial charge in [0.05, 0.1) is 9.88 Å². The Morgan fingerprint density at radius 3 is 2.66 bits per heavy atom. The maximum absolute atomic E-state index is 12.6. The zero-order chi connectivity index (χ0) is 23.0. The lowest BCUT2D eigenvalue weighted by molar-refractivity contribution is 0.238. The third-order valence-corrected chi connectivity index (χ3v) is 8.10. The van der Waals surface area contributed by atoms with Gasteiger partial charge in [0, 0.05) is 38.4 Å². The molecule has 7 nitrogen and oxygen atoms in total. The summed E-state index contributed by atoms with van der Waals surface area (Å²) >= 11 is 5.82. The molecule has 3 rings (SSSR count). The van der Waals surface area contributed by atoms with Crippen molar-refractivity contribution in [2.24, 2.45) is 10.9 Å². The fourth-order valence-corrected chi connectivity index (χ4v) is 6.04. The van der Waals surface area contributed by atoms with Crippen LogP contribution in [0, 0.1) is 5.92 Å². The number of nitrogens with zero attached hydrogens (tertiary/aromatic N) is 2. The fourth-order valence-electron chi connectivity index (χ4n) is 4.61. The summed E-state index contributed by atoms with van der Waals surface area (Å²) in [5.74, 6) is 0.532. The first-order valence-corrected chi connectivity index (χ1v) is 12.7.